The predicted octanol–water partition coefficient (Wildman–Crippen LogP) is 4.62. The second-order valence-corrected chi connectivity index (χ2v) is 9.39. The van der Waals surface area contributed by atoms with Gasteiger partial charge in [-0.2, -0.15) is 0 Å². The normalized spacial score (nSPS) is 35.1. The zero-order valence-corrected chi connectivity index (χ0v) is 18.1. The molecule has 0 amide bonds. The average Bonchev–Trinajstić information content (AvgIpc) is 2.73. The first-order valence-electron chi connectivity index (χ1n) is 11.2. The van der Waals surface area contributed by atoms with E-state index >= 15 is 0 Å². The van der Waals surface area contributed by atoms with Crippen molar-refractivity contribution in [3.8, 4) is 0 Å². The van der Waals surface area contributed by atoms with E-state index in [-0.39, 0.29) is 17.5 Å². The summed E-state index contributed by atoms with van der Waals surface area (Å²) in [6.45, 7) is 10.3. The zero-order chi connectivity index (χ0) is 20.4. The maximum atomic E-state index is 12.6. The third kappa shape index (κ3) is 4.02. The summed E-state index contributed by atoms with van der Waals surface area (Å²) in [5, 5.41) is 0. The Morgan fingerprint density at radius 3 is 2.62 bits per heavy atom. The lowest BCUT2D eigenvalue weighted by atomic mass is 9.56. The van der Waals surface area contributed by atoms with Crippen LogP contribution in [0.3, 0.4) is 0 Å². The summed E-state index contributed by atoms with van der Waals surface area (Å²) < 4.78 is 12.4. The van der Waals surface area contributed by atoms with Crippen molar-refractivity contribution in [2.45, 2.75) is 46.1 Å². The SMILES string of the molecule is CC1=C[C@H](C)[C@]2(COC(=O)CN3CCCCC3)CO[C@H](c3ccccc3)[C@H]1[C@H]2C. The van der Waals surface area contributed by atoms with Crippen LogP contribution in [0.15, 0.2) is 42.0 Å². The molecule has 1 aromatic carbocycles. The summed E-state index contributed by atoms with van der Waals surface area (Å²) in [7, 11) is 0. The van der Waals surface area contributed by atoms with Crippen LogP contribution in [-0.2, 0) is 14.3 Å². The van der Waals surface area contributed by atoms with E-state index in [1.807, 2.05) is 6.07 Å². The highest BCUT2D eigenvalue weighted by molar-refractivity contribution is 5.71. The molecule has 3 aliphatic rings. The molecule has 5 atom stereocenters. The lowest BCUT2D eigenvalue weighted by Gasteiger charge is -2.55. The van der Waals surface area contributed by atoms with Crippen LogP contribution in [0.1, 0.15) is 51.7 Å². The van der Waals surface area contributed by atoms with Crippen LogP contribution in [0, 0.1) is 23.2 Å². The fourth-order valence-electron chi connectivity index (χ4n) is 5.76. The van der Waals surface area contributed by atoms with Crippen molar-refractivity contribution in [3.63, 3.8) is 0 Å². The molecule has 2 aliphatic heterocycles. The molecule has 0 saturated carbocycles. The fourth-order valence-corrected chi connectivity index (χ4v) is 5.76. The minimum Gasteiger partial charge on any atom is -0.464 e. The Bertz CT molecular complexity index is 740. The van der Waals surface area contributed by atoms with Gasteiger partial charge in [0.15, 0.2) is 0 Å². The molecule has 0 N–H and O–H groups in total. The number of ether oxygens (including phenoxy) is 2. The molecular weight excluding hydrogens is 362 g/mol. The van der Waals surface area contributed by atoms with E-state index in [0.29, 0.717) is 37.5 Å². The van der Waals surface area contributed by atoms with Gasteiger partial charge in [0.2, 0.25) is 0 Å². The van der Waals surface area contributed by atoms with E-state index in [0.717, 1.165) is 13.1 Å². The van der Waals surface area contributed by atoms with E-state index in [1.165, 1.54) is 30.4 Å². The van der Waals surface area contributed by atoms with E-state index in [2.05, 4.69) is 56.0 Å². The van der Waals surface area contributed by atoms with Gasteiger partial charge in [-0.05, 0) is 50.3 Å². The molecule has 0 aromatic heterocycles. The molecule has 4 nitrogen and oxygen atoms in total. The van der Waals surface area contributed by atoms with Crippen LogP contribution in [0.25, 0.3) is 0 Å². The molecule has 0 spiro atoms. The maximum absolute atomic E-state index is 12.6. The molecule has 4 rings (SSSR count). The van der Waals surface area contributed by atoms with Gasteiger partial charge in [-0.15, -0.1) is 0 Å². The summed E-state index contributed by atoms with van der Waals surface area (Å²) >= 11 is 0. The smallest absolute Gasteiger partial charge is 0.320 e. The number of esters is 1. The van der Waals surface area contributed by atoms with Gasteiger partial charge in [-0.3, -0.25) is 9.69 Å². The summed E-state index contributed by atoms with van der Waals surface area (Å²) in [5.41, 5.74) is 2.49. The molecule has 2 saturated heterocycles. The Labute approximate surface area is 175 Å². The Hall–Kier alpha value is -1.65. The first kappa shape index (κ1) is 20.6. The largest absolute Gasteiger partial charge is 0.464 e. The Balaban J connectivity index is 1.47. The van der Waals surface area contributed by atoms with E-state index in [9.17, 15) is 4.79 Å². The van der Waals surface area contributed by atoms with Crippen molar-refractivity contribution in [2.24, 2.45) is 23.2 Å². The van der Waals surface area contributed by atoms with E-state index < -0.39 is 0 Å². The first-order valence-corrected chi connectivity index (χ1v) is 11.2. The van der Waals surface area contributed by atoms with Gasteiger partial charge in [0.05, 0.1) is 25.9 Å². The van der Waals surface area contributed by atoms with Crippen molar-refractivity contribution in [3.05, 3.63) is 47.5 Å². The predicted molar refractivity (Wildman–Crippen MR) is 114 cm³/mol. The number of piperidine rings is 1. The van der Waals surface area contributed by atoms with Gasteiger partial charge >= 0.3 is 5.97 Å². The molecule has 0 unspecified atom stereocenters. The molecule has 1 aromatic rings. The number of rotatable bonds is 5. The van der Waals surface area contributed by atoms with Gasteiger partial charge in [0.1, 0.15) is 0 Å². The number of allylic oxidation sites excluding steroid dienone is 1. The number of hydrogen-bond donors (Lipinski definition) is 0. The molecule has 2 fully saturated rings. The molecule has 4 heteroatoms. The van der Waals surface area contributed by atoms with Crippen molar-refractivity contribution in [1.82, 2.24) is 4.90 Å². The number of carbonyl (C=O) groups excluding carboxylic acids is 1. The highest BCUT2D eigenvalue weighted by atomic mass is 16.5. The minimum absolute atomic E-state index is 0.0760. The number of benzene rings is 1. The van der Waals surface area contributed by atoms with Crippen molar-refractivity contribution in [1.29, 1.82) is 0 Å². The number of hydrogen-bond acceptors (Lipinski definition) is 4. The van der Waals surface area contributed by atoms with E-state index in [4.69, 9.17) is 9.47 Å². The third-order valence-corrected chi connectivity index (χ3v) is 7.68. The summed E-state index contributed by atoms with van der Waals surface area (Å²) in [4.78, 5) is 14.8. The summed E-state index contributed by atoms with van der Waals surface area (Å²) in [6.07, 6.45) is 6.11. The lowest BCUT2D eigenvalue weighted by molar-refractivity contribution is -0.182. The second kappa shape index (κ2) is 8.61. The van der Waals surface area contributed by atoms with Gasteiger partial charge in [0, 0.05) is 11.3 Å². The van der Waals surface area contributed by atoms with Crippen LogP contribution in [0.2, 0.25) is 0 Å². The minimum atomic E-state index is -0.146. The topological polar surface area (TPSA) is 38.8 Å². The molecule has 0 radical (unpaired) electrons. The molecule has 2 heterocycles. The van der Waals surface area contributed by atoms with Crippen LogP contribution in [-0.4, -0.2) is 43.7 Å². The lowest BCUT2D eigenvalue weighted by Crippen LogP contribution is -2.54. The van der Waals surface area contributed by atoms with Crippen LogP contribution >= 0.6 is 0 Å². The third-order valence-electron chi connectivity index (χ3n) is 7.68. The maximum Gasteiger partial charge on any atom is 0.320 e. The van der Waals surface area contributed by atoms with Gasteiger partial charge in [0.25, 0.3) is 0 Å². The van der Waals surface area contributed by atoms with Gasteiger partial charge in [-0.1, -0.05) is 62.2 Å². The van der Waals surface area contributed by atoms with Crippen LogP contribution in [0.5, 0.6) is 0 Å². The molecule has 1 aliphatic carbocycles. The summed E-state index contributed by atoms with van der Waals surface area (Å²) in [6, 6.07) is 10.5. The number of carbonyl (C=O) groups is 1. The van der Waals surface area contributed by atoms with Crippen molar-refractivity contribution in [2.75, 3.05) is 32.8 Å². The van der Waals surface area contributed by atoms with Crippen LogP contribution in [0.4, 0.5) is 0 Å². The van der Waals surface area contributed by atoms with Crippen molar-refractivity contribution >= 4 is 5.97 Å². The monoisotopic (exact) mass is 397 g/mol. The van der Waals surface area contributed by atoms with E-state index in [1.54, 1.807) is 0 Å². The average molecular weight is 398 g/mol. The number of likely N-dealkylation sites (tertiary alicyclic amines) is 1. The fraction of sp³-hybridized carbons (Fsp3) is 0.640. The standard InChI is InChI=1S/C25H35NO3/c1-18-14-19(2)25(16-28-22(27)15-26-12-8-5-9-13-26)17-29-24(23(18)20(25)3)21-10-6-4-7-11-21/h4,6-7,10-11,14,19-20,23-24H,5,8-9,12-13,15-17H2,1-3H3/t19-,20+,23+,24+,25-/m0/s1. The Morgan fingerprint density at radius 2 is 1.90 bits per heavy atom. The van der Waals surface area contributed by atoms with Crippen LogP contribution < -0.4 is 0 Å². The number of fused-ring (bicyclic) bond motifs is 2. The highest BCUT2D eigenvalue weighted by Gasteiger charge is 2.54. The van der Waals surface area contributed by atoms with Gasteiger partial charge < -0.3 is 9.47 Å². The molecule has 158 valence electrons. The Morgan fingerprint density at radius 1 is 1.17 bits per heavy atom. The first-order chi connectivity index (χ1) is 14.0. The molecule has 29 heavy (non-hydrogen) atoms. The molecular formula is C25H35NO3. The Kier molecular flexibility index (Phi) is 6.12. The van der Waals surface area contributed by atoms with Crippen molar-refractivity contribution < 1.29 is 14.3 Å². The highest BCUT2D eigenvalue weighted by Crippen LogP contribution is 2.56. The molecule has 2 bridgehead atoms. The second-order valence-electron chi connectivity index (χ2n) is 9.39. The number of nitrogens with zero attached hydrogens (tertiary/aromatic N) is 1. The quantitative estimate of drug-likeness (QED) is 0.537. The zero-order valence-electron chi connectivity index (χ0n) is 18.1. The summed E-state index contributed by atoms with van der Waals surface area (Å²) in [5.74, 6) is 0.953. The van der Waals surface area contributed by atoms with Gasteiger partial charge in [-0.25, -0.2) is 0 Å².